The number of aromatic nitrogens is 3. The van der Waals surface area contributed by atoms with Crippen molar-refractivity contribution in [2.75, 3.05) is 13.1 Å². The van der Waals surface area contributed by atoms with Crippen molar-refractivity contribution in [2.45, 2.75) is 19.4 Å². The summed E-state index contributed by atoms with van der Waals surface area (Å²) in [6.45, 7) is 2.13. The van der Waals surface area contributed by atoms with Crippen LogP contribution in [0.25, 0.3) is 11.4 Å². The van der Waals surface area contributed by atoms with Gasteiger partial charge in [0.05, 0.1) is 12.5 Å². The predicted octanol–water partition coefficient (Wildman–Crippen LogP) is 2.27. The second kappa shape index (κ2) is 8.42. The molecule has 6 nitrogen and oxygen atoms in total. The molecule has 1 fully saturated rings. The topological polar surface area (TPSA) is 82.7 Å². The Morgan fingerprint density at radius 1 is 1.35 bits per heavy atom. The van der Waals surface area contributed by atoms with Gasteiger partial charge in [0, 0.05) is 16.6 Å². The molecule has 1 atom stereocenters. The summed E-state index contributed by atoms with van der Waals surface area (Å²) in [7, 11) is 0. The maximum Gasteiger partial charge on any atom is 0.224 e. The van der Waals surface area contributed by atoms with Gasteiger partial charge in [-0.1, -0.05) is 28.1 Å². The quantitative estimate of drug-likeness (QED) is 0.735. The SMILES string of the molecule is Cl.O=C(NCc1nc(-c2ccc(Br)cc2)n[nH]1)C1CCCNC1. The lowest BCUT2D eigenvalue weighted by molar-refractivity contribution is -0.125. The number of carbonyl (C=O) groups excluding carboxylic acids is 1. The van der Waals surface area contributed by atoms with E-state index in [9.17, 15) is 4.79 Å². The number of hydrogen-bond donors (Lipinski definition) is 3. The van der Waals surface area contributed by atoms with Gasteiger partial charge in [-0.3, -0.25) is 9.89 Å². The van der Waals surface area contributed by atoms with Gasteiger partial charge in [-0.2, -0.15) is 5.10 Å². The van der Waals surface area contributed by atoms with E-state index >= 15 is 0 Å². The predicted molar refractivity (Wildman–Crippen MR) is 94.2 cm³/mol. The number of aromatic amines is 1. The van der Waals surface area contributed by atoms with E-state index in [0.717, 1.165) is 36.0 Å². The van der Waals surface area contributed by atoms with Gasteiger partial charge < -0.3 is 10.6 Å². The Kier molecular flexibility index (Phi) is 6.56. The largest absolute Gasteiger partial charge is 0.349 e. The minimum atomic E-state index is 0. The van der Waals surface area contributed by atoms with Crippen LogP contribution in [-0.2, 0) is 11.3 Å². The Labute approximate surface area is 149 Å². The Morgan fingerprint density at radius 3 is 2.83 bits per heavy atom. The first-order chi connectivity index (χ1) is 10.7. The number of rotatable bonds is 4. The van der Waals surface area contributed by atoms with Crippen molar-refractivity contribution in [1.29, 1.82) is 0 Å². The molecule has 2 aromatic rings. The van der Waals surface area contributed by atoms with Crippen molar-refractivity contribution in [3.05, 3.63) is 34.6 Å². The minimum absolute atomic E-state index is 0. The summed E-state index contributed by atoms with van der Waals surface area (Å²) in [5.74, 6) is 1.43. The molecule has 1 unspecified atom stereocenters. The number of H-pyrrole nitrogens is 1. The molecule has 0 saturated carbocycles. The Balaban J connectivity index is 0.00000192. The molecular formula is C15H19BrClN5O. The van der Waals surface area contributed by atoms with E-state index in [1.807, 2.05) is 24.3 Å². The number of nitrogens with zero attached hydrogens (tertiary/aromatic N) is 2. The Bertz CT molecular complexity index is 640. The van der Waals surface area contributed by atoms with Gasteiger partial charge in [0.1, 0.15) is 5.82 Å². The highest BCUT2D eigenvalue weighted by atomic mass is 79.9. The smallest absolute Gasteiger partial charge is 0.224 e. The van der Waals surface area contributed by atoms with E-state index in [2.05, 4.69) is 41.7 Å². The lowest BCUT2D eigenvalue weighted by atomic mass is 9.99. The normalized spacial score (nSPS) is 17.3. The standard InChI is InChI=1S/C15H18BrN5O.ClH/c16-12-5-3-10(4-6-12)14-19-13(20-21-14)9-18-15(22)11-2-1-7-17-8-11;/h3-6,11,17H,1-2,7-9H2,(H,18,22)(H,19,20,21);1H. The molecule has 0 aliphatic carbocycles. The first kappa shape index (κ1) is 17.9. The number of halogens is 2. The van der Waals surface area contributed by atoms with Gasteiger partial charge in [-0.25, -0.2) is 4.98 Å². The van der Waals surface area contributed by atoms with Crippen LogP contribution in [0.1, 0.15) is 18.7 Å². The van der Waals surface area contributed by atoms with Crippen molar-refractivity contribution < 1.29 is 4.79 Å². The lowest BCUT2D eigenvalue weighted by Gasteiger charge is -2.21. The highest BCUT2D eigenvalue weighted by molar-refractivity contribution is 9.10. The zero-order chi connectivity index (χ0) is 15.4. The summed E-state index contributed by atoms with van der Waals surface area (Å²) in [5.41, 5.74) is 0.938. The minimum Gasteiger partial charge on any atom is -0.349 e. The van der Waals surface area contributed by atoms with Crippen LogP contribution in [0.3, 0.4) is 0 Å². The molecule has 2 heterocycles. The summed E-state index contributed by atoms with van der Waals surface area (Å²) in [6.07, 6.45) is 1.99. The molecule has 8 heteroatoms. The lowest BCUT2D eigenvalue weighted by Crippen LogP contribution is -2.40. The zero-order valence-corrected chi connectivity index (χ0v) is 14.9. The Morgan fingerprint density at radius 2 is 2.13 bits per heavy atom. The average Bonchev–Trinajstić information content (AvgIpc) is 3.03. The number of piperidine rings is 1. The van der Waals surface area contributed by atoms with Gasteiger partial charge in [0.2, 0.25) is 5.91 Å². The summed E-state index contributed by atoms with van der Waals surface area (Å²) >= 11 is 3.40. The highest BCUT2D eigenvalue weighted by Crippen LogP contribution is 2.18. The van der Waals surface area contributed by atoms with Crippen LogP contribution >= 0.6 is 28.3 Å². The molecule has 1 aliphatic rings. The molecule has 124 valence electrons. The van der Waals surface area contributed by atoms with E-state index < -0.39 is 0 Å². The monoisotopic (exact) mass is 399 g/mol. The van der Waals surface area contributed by atoms with E-state index in [1.54, 1.807) is 0 Å². The molecule has 1 aromatic heterocycles. The van der Waals surface area contributed by atoms with E-state index in [4.69, 9.17) is 0 Å². The molecule has 3 rings (SSSR count). The first-order valence-electron chi connectivity index (χ1n) is 7.38. The molecule has 0 bridgehead atoms. The highest BCUT2D eigenvalue weighted by Gasteiger charge is 2.20. The molecule has 1 aliphatic heterocycles. The third-order valence-electron chi connectivity index (χ3n) is 3.73. The number of hydrogen-bond acceptors (Lipinski definition) is 4. The van der Waals surface area contributed by atoms with Gasteiger partial charge >= 0.3 is 0 Å². The molecule has 1 amide bonds. The van der Waals surface area contributed by atoms with Crippen LogP contribution < -0.4 is 10.6 Å². The van der Waals surface area contributed by atoms with Gasteiger partial charge in [0.15, 0.2) is 5.82 Å². The third kappa shape index (κ3) is 4.76. The van der Waals surface area contributed by atoms with Crippen LogP contribution in [0.5, 0.6) is 0 Å². The number of nitrogens with one attached hydrogen (secondary N) is 3. The van der Waals surface area contributed by atoms with Gasteiger partial charge in [-0.05, 0) is 31.5 Å². The average molecular weight is 401 g/mol. The van der Waals surface area contributed by atoms with Crippen LogP contribution in [0.4, 0.5) is 0 Å². The zero-order valence-electron chi connectivity index (χ0n) is 12.5. The van der Waals surface area contributed by atoms with Crippen LogP contribution in [0.2, 0.25) is 0 Å². The van der Waals surface area contributed by atoms with Crippen molar-refractivity contribution in [3.63, 3.8) is 0 Å². The second-order valence-electron chi connectivity index (χ2n) is 5.37. The van der Waals surface area contributed by atoms with Gasteiger partial charge in [0.25, 0.3) is 0 Å². The van der Waals surface area contributed by atoms with E-state index in [-0.39, 0.29) is 24.2 Å². The molecule has 0 spiro atoms. The fourth-order valence-corrected chi connectivity index (χ4v) is 2.76. The fourth-order valence-electron chi connectivity index (χ4n) is 2.49. The third-order valence-corrected chi connectivity index (χ3v) is 4.26. The van der Waals surface area contributed by atoms with Crippen molar-refractivity contribution in [1.82, 2.24) is 25.8 Å². The maximum absolute atomic E-state index is 12.1. The van der Waals surface area contributed by atoms with Crippen molar-refractivity contribution in [3.8, 4) is 11.4 Å². The maximum atomic E-state index is 12.1. The van der Waals surface area contributed by atoms with E-state index in [0.29, 0.717) is 18.2 Å². The summed E-state index contributed by atoms with van der Waals surface area (Å²) in [6, 6.07) is 7.79. The fraction of sp³-hybridized carbons (Fsp3) is 0.400. The summed E-state index contributed by atoms with van der Waals surface area (Å²) < 4.78 is 1.01. The molecule has 0 radical (unpaired) electrons. The van der Waals surface area contributed by atoms with Crippen LogP contribution in [0, 0.1) is 5.92 Å². The van der Waals surface area contributed by atoms with Crippen LogP contribution in [0.15, 0.2) is 28.7 Å². The number of benzene rings is 1. The number of amides is 1. The molecule has 1 saturated heterocycles. The van der Waals surface area contributed by atoms with Gasteiger partial charge in [-0.15, -0.1) is 12.4 Å². The summed E-state index contributed by atoms with van der Waals surface area (Å²) in [4.78, 5) is 16.5. The molecule has 1 aromatic carbocycles. The second-order valence-corrected chi connectivity index (χ2v) is 6.29. The number of carbonyl (C=O) groups is 1. The van der Waals surface area contributed by atoms with Crippen molar-refractivity contribution in [2.24, 2.45) is 5.92 Å². The van der Waals surface area contributed by atoms with Crippen molar-refractivity contribution >= 4 is 34.2 Å². The summed E-state index contributed by atoms with van der Waals surface area (Å²) in [5, 5.41) is 13.2. The van der Waals surface area contributed by atoms with E-state index in [1.165, 1.54) is 0 Å². The first-order valence-corrected chi connectivity index (χ1v) is 8.17. The van der Waals surface area contributed by atoms with Crippen LogP contribution in [-0.4, -0.2) is 34.2 Å². The molecule has 23 heavy (non-hydrogen) atoms. The molecule has 3 N–H and O–H groups in total. The molecular weight excluding hydrogens is 382 g/mol. The Hall–Kier alpha value is -1.44.